The average molecular weight is 293 g/mol. The lowest BCUT2D eigenvalue weighted by molar-refractivity contribution is -0.143. The number of carboxylic acid groups (broad SMARTS) is 1. The molecule has 2 atom stereocenters. The summed E-state index contributed by atoms with van der Waals surface area (Å²) < 4.78 is 0. The second-order valence-corrected chi connectivity index (χ2v) is 4.67. The molecule has 7 heteroatoms. The van der Waals surface area contributed by atoms with Crippen LogP contribution < -0.4 is 10.6 Å². The van der Waals surface area contributed by atoms with Crippen molar-refractivity contribution >= 4 is 17.8 Å². The Morgan fingerprint density at radius 3 is 2.57 bits per heavy atom. The minimum absolute atomic E-state index is 0.196. The molecule has 114 valence electrons. The molecule has 0 fully saturated rings. The Hall–Kier alpha value is -2.44. The van der Waals surface area contributed by atoms with Crippen molar-refractivity contribution in [2.45, 2.75) is 26.3 Å². The van der Waals surface area contributed by atoms with Gasteiger partial charge in [-0.05, 0) is 18.1 Å². The summed E-state index contributed by atoms with van der Waals surface area (Å²) in [4.78, 5) is 38.3. The predicted molar refractivity (Wildman–Crippen MR) is 75.6 cm³/mol. The highest BCUT2D eigenvalue weighted by Crippen LogP contribution is 2.07. The second-order valence-electron chi connectivity index (χ2n) is 4.67. The molecule has 1 rings (SSSR count). The first-order chi connectivity index (χ1) is 9.95. The van der Waals surface area contributed by atoms with Crippen molar-refractivity contribution in [3.8, 4) is 0 Å². The van der Waals surface area contributed by atoms with Crippen molar-refractivity contribution in [1.29, 1.82) is 0 Å². The van der Waals surface area contributed by atoms with Crippen molar-refractivity contribution in [2.24, 2.45) is 5.92 Å². The van der Waals surface area contributed by atoms with Gasteiger partial charge in [-0.25, -0.2) is 4.79 Å². The van der Waals surface area contributed by atoms with Crippen molar-refractivity contribution in [3.63, 3.8) is 0 Å². The quantitative estimate of drug-likeness (QED) is 0.675. The molecule has 0 aromatic carbocycles. The van der Waals surface area contributed by atoms with E-state index in [0.29, 0.717) is 6.42 Å². The van der Waals surface area contributed by atoms with Crippen molar-refractivity contribution < 1.29 is 19.5 Å². The number of carbonyl (C=O) groups excluding carboxylic acids is 2. The summed E-state index contributed by atoms with van der Waals surface area (Å²) in [5.74, 6) is -2.32. The number of rotatable bonds is 7. The van der Waals surface area contributed by atoms with Gasteiger partial charge in [-0.3, -0.25) is 14.6 Å². The van der Waals surface area contributed by atoms with Gasteiger partial charge in [0.15, 0.2) is 0 Å². The first-order valence-corrected chi connectivity index (χ1v) is 6.67. The fourth-order valence-electron chi connectivity index (χ4n) is 1.66. The molecule has 0 saturated heterocycles. The average Bonchev–Trinajstić information content (AvgIpc) is 2.50. The molecular formula is C14H19N3O4. The molecule has 0 aliphatic rings. The lowest BCUT2D eigenvalue weighted by atomic mass is 9.99. The van der Waals surface area contributed by atoms with Crippen LogP contribution in [-0.2, 0) is 9.59 Å². The van der Waals surface area contributed by atoms with Crippen LogP contribution >= 0.6 is 0 Å². The third kappa shape index (κ3) is 5.21. The van der Waals surface area contributed by atoms with Gasteiger partial charge in [-0.1, -0.05) is 26.3 Å². The first kappa shape index (κ1) is 16.6. The predicted octanol–water partition coefficient (Wildman–Crippen LogP) is 0.427. The normalized spacial score (nSPS) is 13.0. The molecule has 2 amide bonds. The van der Waals surface area contributed by atoms with Crippen LogP contribution in [0, 0.1) is 5.92 Å². The maximum Gasteiger partial charge on any atom is 0.326 e. The van der Waals surface area contributed by atoms with Gasteiger partial charge in [-0.2, -0.15) is 0 Å². The minimum atomic E-state index is -1.09. The highest BCUT2D eigenvalue weighted by Gasteiger charge is 2.25. The van der Waals surface area contributed by atoms with Crippen LogP contribution in [0.15, 0.2) is 24.4 Å². The van der Waals surface area contributed by atoms with Crippen LogP contribution in [0.5, 0.6) is 0 Å². The van der Waals surface area contributed by atoms with E-state index in [1.54, 1.807) is 19.1 Å². The third-order valence-electron chi connectivity index (χ3n) is 3.10. The lowest BCUT2D eigenvalue weighted by Crippen LogP contribution is -2.48. The number of nitrogens with one attached hydrogen (secondary N) is 2. The fraction of sp³-hybridized carbons (Fsp3) is 0.429. The number of carbonyl (C=O) groups is 3. The number of aromatic nitrogens is 1. The topological polar surface area (TPSA) is 108 Å². The van der Waals surface area contributed by atoms with Crippen LogP contribution in [0.3, 0.4) is 0 Å². The highest BCUT2D eigenvalue weighted by molar-refractivity contribution is 5.95. The minimum Gasteiger partial charge on any atom is -0.480 e. The molecule has 0 bridgehead atoms. The molecule has 0 aliphatic carbocycles. The number of nitrogens with zero attached hydrogens (tertiary/aromatic N) is 1. The number of carboxylic acids is 1. The monoisotopic (exact) mass is 293 g/mol. The summed E-state index contributed by atoms with van der Waals surface area (Å²) in [7, 11) is 0. The van der Waals surface area contributed by atoms with Crippen LogP contribution in [-0.4, -0.2) is 40.5 Å². The Morgan fingerprint density at radius 1 is 1.33 bits per heavy atom. The van der Waals surface area contributed by atoms with E-state index in [2.05, 4.69) is 15.6 Å². The summed E-state index contributed by atoms with van der Waals surface area (Å²) in [6.45, 7) is 3.29. The Morgan fingerprint density at radius 2 is 2.05 bits per heavy atom. The summed E-state index contributed by atoms with van der Waals surface area (Å²) in [6, 6.07) is 3.89. The van der Waals surface area contributed by atoms with E-state index in [9.17, 15) is 14.4 Å². The molecule has 7 nitrogen and oxygen atoms in total. The van der Waals surface area contributed by atoms with Gasteiger partial charge in [0.25, 0.3) is 5.91 Å². The molecule has 0 saturated carbocycles. The Labute approximate surface area is 122 Å². The van der Waals surface area contributed by atoms with Crippen LogP contribution in [0.4, 0.5) is 0 Å². The van der Waals surface area contributed by atoms with Gasteiger partial charge in [0.05, 0.1) is 6.54 Å². The highest BCUT2D eigenvalue weighted by atomic mass is 16.4. The van der Waals surface area contributed by atoms with Gasteiger partial charge in [0, 0.05) is 6.20 Å². The first-order valence-electron chi connectivity index (χ1n) is 6.67. The Bertz CT molecular complexity index is 504. The van der Waals surface area contributed by atoms with E-state index in [1.165, 1.54) is 12.3 Å². The Kier molecular flexibility index (Phi) is 6.32. The zero-order chi connectivity index (χ0) is 15.8. The second kappa shape index (κ2) is 7.98. The van der Waals surface area contributed by atoms with Crippen molar-refractivity contribution in [3.05, 3.63) is 30.1 Å². The molecule has 0 spiro atoms. The molecule has 1 aromatic heterocycles. The summed E-state index contributed by atoms with van der Waals surface area (Å²) in [6.07, 6.45) is 2.09. The number of hydrogen-bond donors (Lipinski definition) is 3. The van der Waals surface area contributed by atoms with Crippen LogP contribution in [0.1, 0.15) is 30.8 Å². The number of aliphatic carboxylic acids is 1. The van der Waals surface area contributed by atoms with E-state index in [1.807, 2.05) is 6.92 Å². The van der Waals surface area contributed by atoms with Crippen LogP contribution in [0.25, 0.3) is 0 Å². The summed E-state index contributed by atoms with van der Waals surface area (Å²) in [5.41, 5.74) is 0.196. The zero-order valence-electron chi connectivity index (χ0n) is 12.0. The fourth-order valence-corrected chi connectivity index (χ4v) is 1.66. The van der Waals surface area contributed by atoms with Gasteiger partial charge in [0.1, 0.15) is 11.7 Å². The summed E-state index contributed by atoms with van der Waals surface area (Å²) >= 11 is 0. The third-order valence-corrected chi connectivity index (χ3v) is 3.10. The standard InChI is InChI=1S/C14H19N3O4/c1-3-9(2)12(14(20)21)17-11(18)8-16-13(19)10-6-4-5-7-15-10/h4-7,9,12H,3,8H2,1-2H3,(H,16,19)(H,17,18)(H,20,21)/t9-,12-/m0/s1. The summed E-state index contributed by atoms with van der Waals surface area (Å²) in [5, 5.41) is 13.9. The van der Waals surface area contributed by atoms with Gasteiger partial charge in [0.2, 0.25) is 5.91 Å². The largest absolute Gasteiger partial charge is 0.480 e. The number of pyridine rings is 1. The SMILES string of the molecule is CC[C@H](C)[C@H](NC(=O)CNC(=O)c1ccccn1)C(=O)O. The van der Waals surface area contributed by atoms with E-state index in [-0.39, 0.29) is 18.2 Å². The number of hydrogen-bond acceptors (Lipinski definition) is 4. The van der Waals surface area contributed by atoms with E-state index in [0.717, 1.165) is 0 Å². The smallest absolute Gasteiger partial charge is 0.326 e. The Balaban J connectivity index is 2.50. The van der Waals surface area contributed by atoms with Gasteiger partial charge >= 0.3 is 5.97 Å². The lowest BCUT2D eigenvalue weighted by Gasteiger charge is -2.20. The van der Waals surface area contributed by atoms with E-state index < -0.39 is 23.8 Å². The molecule has 0 radical (unpaired) electrons. The number of amides is 2. The molecule has 1 heterocycles. The van der Waals surface area contributed by atoms with Crippen molar-refractivity contribution in [1.82, 2.24) is 15.6 Å². The maximum absolute atomic E-state index is 11.7. The maximum atomic E-state index is 11.7. The molecule has 21 heavy (non-hydrogen) atoms. The zero-order valence-corrected chi connectivity index (χ0v) is 12.0. The van der Waals surface area contributed by atoms with Gasteiger partial charge in [-0.15, -0.1) is 0 Å². The molecular weight excluding hydrogens is 274 g/mol. The van der Waals surface area contributed by atoms with Crippen LogP contribution in [0.2, 0.25) is 0 Å². The van der Waals surface area contributed by atoms with E-state index in [4.69, 9.17) is 5.11 Å². The molecule has 0 unspecified atom stereocenters. The van der Waals surface area contributed by atoms with Gasteiger partial charge < -0.3 is 15.7 Å². The molecule has 1 aromatic rings. The van der Waals surface area contributed by atoms with E-state index >= 15 is 0 Å². The molecule has 3 N–H and O–H groups in total. The molecule has 0 aliphatic heterocycles. The van der Waals surface area contributed by atoms with Crippen molar-refractivity contribution in [2.75, 3.05) is 6.54 Å².